The lowest BCUT2D eigenvalue weighted by molar-refractivity contribution is -0.115. The molecule has 1 heterocycles. The van der Waals surface area contributed by atoms with Crippen molar-refractivity contribution in [1.29, 1.82) is 0 Å². The van der Waals surface area contributed by atoms with Gasteiger partial charge in [-0.2, -0.15) is 0 Å². The number of thioether (sulfide) groups is 1. The van der Waals surface area contributed by atoms with Crippen LogP contribution in [-0.2, 0) is 22.4 Å². The molecule has 5 rings (SSSR count). The van der Waals surface area contributed by atoms with Crippen molar-refractivity contribution in [2.24, 2.45) is 0 Å². The van der Waals surface area contributed by atoms with Crippen LogP contribution in [0.3, 0.4) is 0 Å². The molecular weight excluding hydrogens is 569 g/mol. The van der Waals surface area contributed by atoms with Crippen LogP contribution in [0.25, 0.3) is 0 Å². The smallest absolute Gasteiger partial charge is 0.341 e. The standard InChI is InChI=1S/C33H32N2O5S2/c1-3-40-33(38)28-26-14-7-8-15-27(26)42-32(28)35-31(37)29(21-10-5-4-6-11-21)41-25-13-9-12-23(20-25)34-30(36)22-16-18-24(39-2)19-17-22/h4-6,9-13,16-20,29H,3,7-8,14-15H2,1-2H3,(H,34,36)(H,35,37). The number of benzene rings is 3. The van der Waals surface area contributed by atoms with E-state index in [1.165, 1.54) is 23.1 Å². The van der Waals surface area contributed by atoms with Crippen LogP contribution < -0.4 is 15.4 Å². The summed E-state index contributed by atoms with van der Waals surface area (Å²) in [5.74, 6) is -0.197. The van der Waals surface area contributed by atoms with Gasteiger partial charge in [-0.1, -0.05) is 36.4 Å². The first-order valence-corrected chi connectivity index (χ1v) is 15.6. The molecule has 0 fully saturated rings. The van der Waals surface area contributed by atoms with Crippen LogP contribution in [0.2, 0.25) is 0 Å². The minimum Gasteiger partial charge on any atom is -0.497 e. The van der Waals surface area contributed by atoms with Crippen LogP contribution >= 0.6 is 23.1 Å². The summed E-state index contributed by atoms with van der Waals surface area (Å²) in [4.78, 5) is 41.7. The van der Waals surface area contributed by atoms with Gasteiger partial charge < -0.3 is 20.1 Å². The lowest BCUT2D eigenvalue weighted by Gasteiger charge is -2.18. The van der Waals surface area contributed by atoms with Gasteiger partial charge in [0.05, 0.1) is 19.3 Å². The highest BCUT2D eigenvalue weighted by Gasteiger charge is 2.30. The highest BCUT2D eigenvalue weighted by molar-refractivity contribution is 8.00. The lowest BCUT2D eigenvalue weighted by atomic mass is 9.95. The van der Waals surface area contributed by atoms with Crippen molar-refractivity contribution in [1.82, 2.24) is 0 Å². The number of carbonyl (C=O) groups is 3. The van der Waals surface area contributed by atoms with Crippen LogP contribution in [0.1, 0.15) is 61.7 Å². The van der Waals surface area contributed by atoms with Crippen LogP contribution in [0.4, 0.5) is 10.7 Å². The van der Waals surface area contributed by atoms with Gasteiger partial charge in [-0.3, -0.25) is 9.59 Å². The van der Waals surface area contributed by atoms with Crippen molar-refractivity contribution in [3.05, 3.63) is 106 Å². The maximum atomic E-state index is 13.9. The SMILES string of the molecule is CCOC(=O)c1c(NC(=O)C(Sc2cccc(NC(=O)c3ccc(OC)cc3)c2)c2ccccc2)sc2c1CCCC2. The van der Waals surface area contributed by atoms with Crippen LogP contribution in [0, 0.1) is 0 Å². The lowest BCUT2D eigenvalue weighted by Crippen LogP contribution is -2.20. The molecule has 0 radical (unpaired) electrons. The fourth-order valence-corrected chi connectivity index (χ4v) is 7.24. The molecular formula is C33H32N2O5S2. The first-order valence-electron chi connectivity index (χ1n) is 13.9. The predicted molar refractivity (Wildman–Crippen MR) is 168 cm³/mol. The summed E-state index contributed by atoms with van der Waals surface area (Å²) in [6.07, 6.45) is 3.78. The maximum Gasteiger partial charge on any atom is 0.341 e. The molecule has 0 bridgehead atoms. The van der Waals surface area contributed by atoms with E-state index in [2.05, 4.69) is 10.6 Å². The number of fused-ring (bicyclic) bond motifs is 1. The van der Waals surface area contributed by atoms with Crippen LogP contribution in [0.15, 0.2) is 83.8 Å². The highest BCUT2D eigenvalue weighted by Crippen LogP contribution is 2.41. The molecule has 7 nitrogen and oxygen atoms in total. The summed E-state index contributed by atoms with van der Waals surface area (Å²) in [6, 6.07) is 23.8. The molecule has 1 aliphatic carbocycles. The van der Waals surface area contributed by atoms with Crippen molar-refractivity contribution in [2.45, 2.75) is 42.8 Å². The van der Waals surface area contributed by atoms with E-state index in [1.54, 1.807) is 38.3 Å². The van der Waals surface area contributed by atoms with Gasteiger partial charge in [0.1, 0.15) is 16.0 Å². The Bertz CT molecular complexity index is 1570. The first kappa shape index (κ1) is 29.4. The van der Waals surface area contributed by atoms with Crippen LogP contribution in [-0.4, -0.2) is 31.5 Å². The van der Waals surface area contributed by atoms with E-state index < -0.39 is 11.2 Å². The number of hydrogen-bond acceptors (Lipinski definition) is 7. The van der Waals surface area contributed by atoms with Crippen LogP contribution in [0.5, 0.6) is 5.75 Å². The molecule has 0 saturated heterocycles. The Hall–Kier alpha value is -4.08. The Balaban J connectivity index is 1.38. The van der Waals surface area contributed by atoms with Crippen molar-refractivity contribution >= 4 is 51.6 Å². The highest BCUT2D eigenvalue weighted by atomic mass is 32.2. The van der Waals surface area contributed by atoms with Crippen molar-refractivity contribution in [3.8, 4) is 5.75 Å². The summed E-state index contributed by atoms with van der Waals surface area (Å²) >= 11 is 2.85. The monoisotopic (exact) mass is 600 g/mol. The van der Waals surface area contributed by atoms with E-state index in [0.29, 0.717) is 27.6 Å². The summed E-state index contributed by atoms with van der Waals surface area (Å²) in [5, 5.41) is 5.96. The molecule has 0 aliphatic heterocycles. The molecule has 4 aromatic rings. The number of esters is 1. The number of aryl methyl sites for hydroxylation is 1. The fraction of sp³-hybridized carbons (Fsp3) is 0.242. The van der Waals surface area contributed by atoms with Gasteiger partial charge in [-0.05, 0) is 86.2 Å². The van der Waals surface area contributed by atoms with Crippen molar-refractivity contribution in [2.75, 3.05) is 24.4 Å². The average Bonchev–Trinajstić information content (AvgIpc) is 3.38. The maximum absolute atomic E-state index is 13.9. The minimum absolute atomic E-state index is 0.233. The topological polar surface area (TPSA) is 93.7 Å². The van der Waals surface area contributed by atoms with Gasteiger partial charge in [0.2, 0.25) is 5.91 Å². The summed E-state index contributed by atoms with van der Waals surface area (Å²) in [6.45, 7) is 2.05. The first-order chi connectivity index (χ1) is 20.5. The second-order valence-electron chi connectivity index (χ2n) is 9.74. The van der Waals surface area contributed by atoms with Gasteiger partial charge in [-0.15, -0.1) is 23.1 Å². The van der Waals surface area contributed by atoms with E-state index in [-0.39, 0.29) is 18.4 Å². The third-order valence-corrected chi connectivity index (χ3v) is 9.38. The number of amides is 2. The largest absolute Gasteiger partial charge is 0.497 e. The Morgan fingerprint density at radius 3 is 2.43 bits per heavy atom. The Morgan fingerprint density at radius 1 is 0.929 bits per heavy atom. The van der Waals surface area contributed by atoms with E-state index in [1.807, 2.05) is 54.6 Å². The molecule has 3 aromatic carbocycles. The van der Waals surface area contributed by atoms with Gasteiger partial charge in [0.15, 0.2) is 0 Å². The second-order valence-corrected chi connectivity index (χ2v) is 12.0. The summed E-state index contributed by atoms with van der Waals surface area (Å²) < 4.78 is 10.5. The number of anilines is 2. The molecule has 2 amide bonds. The molecule has 216 valence electrons. The van der Waals surface area contributed by atoms with E-state index in [4.69, 9.17) is 9.47 Å². The van der Waals surface area contributed by atoms with Gasteiger partial charge in [0, 0.05) is 21.0 Å². The molecule has 42 heavy (non-hydrogen) atoms. The normalized spacial score (nSPS) is 13.0. The Kier molecular flexibility index (Phi) is 9.61. The summed E-state index contributed by atoms with van der Waals surface area (Å²) in [7, 11) is 1.58. The van der Waals surface area contributed by atoms with Gasteiger partial charge >= 0.3 is 5.97 Å². The predicted octanol–water partition coefficient (Wildman–Crippen LogP) is 7.54. The molecule has 1 unspecified atom stereocenters. The zero-order valence-corrected chi connectivity index (χ0v) is 25.1. The van der Waals surface area contributed by atoms with E-state index in [9.17, 15) is 14.4 Å². The average molecular weight is 601 g/mol. The number of ether oxygens (including phenoxy) is 2. The quantitative estimate of drug-likeness (QED) is 0.144. The fourth-order valence-electron chi connectivity index (χ4n) is 4.88. The zero-order valence-electron chi connectivity index (χ0n) is 23.5. The molecule has 2 N–H and O–H groups in total. The third-order valence-electron chi connectivity index (χ3n) is 6.93. The third kappa shape index (κ3) is 6.86. The number of methoxy groups -OCH3 is 1. The molecule has 0 saturated carbocycles. The second kappa shape index (κ2) is 13.7. The Labute approximate surface area is 253 Å². The van der Waals surface area contributed by atoms with Gasteiger partial charge in [0.25, 0.3) is 5.91 Å². The van der Waals surface area contributed by atoms with Gasteiger partial charge in [-0.25, -0.2) is 4.79 Å². The molecule has 0 spiro atoms. The summed E-state index contributed by atoms with van der Waals surface area (Å²) in [5.41, 5.74) is 3.44. The minimum atomic E-state index is -0.604. The van der Waals surface area contributed by atoms with E-state index in [0.717, 1.165) is 46.6 Å². The number of hydrogen-bond donors (Lipinski definition) is 2. The van der Waals surface area contributed by atoms with E-state index >= 15 is 0 Å². The number of thiophene rings is 1. The van der Waals surface area contributed by atoms with Crippen molar-refractivity contribution in [3.63, 3.8) is 0 Å². The van der Waals surface area contributed by atoms with Crippen molar-refractivity contribution < 1.29 is 23.9 Å². The number of carbonyl (C=O) groups excluding carboxylic acids is 3. The number of nitrogens with one attached hydrogen (secondary N) is 2. The molecule has 1 atom stereocenters. The molecule has 1 aliphatic rings. The molecule has 9 heteroatoms. The zero-order chi connectivity index (χ0) is 29.5. The Morgan fingerprint density at radius 2 is 1.69 bits per heavy atom. The molecule has 1 aromatic heterocycles. The number of rotatable bonds is 10.